The number of aliphatic hydroxyl groups is 1. The first kappa shape index (κ1) is 35.1. The summed E-state index contributed by atoms with van der Waals surface area (Å²) in [6.45, 7) is 11.3. The van der Waals surface area contributed by atoms with Gasteiger partial charge in [0.2, 0.25) is 11.8 Å². The van der Waals surface area contributed by atoms with E-state index in [4.69, 9.17) is 9.47 Å². The Kier molecular flexibility index (Phi) is 12.5. The van der Waals surface area contributed by atoms with Gasteiger partial charge in [-0.3, -0.25) is 9.59 Å². The maximum absolute atomic E-state index is 14.1. The summed E-state index contributed by atoms with van der Waals surface area (Å²) in [4.78, 5) is 54.9. The average molecular weight is 600 g/mol. The summed E-state index contributed by atoms with van der Waals surface area (Å²) in [6, 6.07) is 11.0. The molecule has 11 nitrogen and oxygen atoms in total. The number of amides is 3. The number of phenols is 1. The van der Waals surface area contributed by atoms with Crippen LogP contribution in [0.25, 0.3) is 0 Å². The van der Waals surface area contributed by atoms with Crippen LogP contribution in [-0.2, 0) is 30.3 Å². The van der Waals surface area contributed by atoms with Crippen LogP contribution in [0.5, 0.6) is 5.75 Å². The van der Waals surface area contributed by atoms with Crippen molar-refractivity contribution in [1.29, 1.82) is 0 Å². The quantitative estimate of drug-likeness (QED) is 0.270. The van der Waals surface area contributed by atoms with Gasteiger partial charge in [0.05, 0.1) is 6.61 Å². The highest BCUT2D eigenvalue weighted by molar-refractivity contribution is 5.94. The fourth-order valence-corrected chi connectivity index (χ4v) is 4.24. The number of phenolic OH excluding ortho intramolecular Hbond substituents is 1. The van der Waals surface area contributed by atoms with Gasteiger partial charge in [-0.15, -0.1) is 0 Å². The second kappa shape index (κ2) is 15.4. The van der Waals surface area contributed by atoms with E-state index in [1.165, 1.54) is 29.2 Å². The molecule has 0 saturated heterocycles. The smallest absolute Gasteiger partial charge is 0.408 e. The molecule has 4 N–H and O–H groups in total. The highest BCUT2D eigenvalue weighted by Gasteiger charge is 2.38. The summed E-state index contributed by atoms with van der Waals surface area (Å²) in [6.07, 6.45) is -0.349. The summed E-state index contributed by atoms with van der Waals surface area (Å²) in [5.74, 6) is -2.12. The molecule has 0 aliphatic rings. The number of nitrogens with one attached hydrogen (secondary N) is 2. The van der Waals surface area contributed by atoms with Crippen molar-refractivity contribution >= 4 is 23.9 Å². The summed E-state index contributed by atoms with van der Waals surface area (Å²) in [7, 11) is 0. The molecule has 0 fully saturated rings. The zero-order valence-corrected chi connectivity index (χ0v) is 26.0. The van der Waals surface area contributed by atoms with Crippen molar-refractivity contribution in [2.45, 2.75) is 90.6 Å². The molecule has 11 heteroatoms. The van der Waals surface area contributed by atoms with Crippen LogP contribution in [0.4, 0.5) is 4.79 Å². The minimum absolute atomic E-state index is 0.0492. The van der Waals surface area contributed by atoms with Crippen molar-refractivity contribution in [3.05, 3.63) is 65.7 Å². The lowest BCUT2D eigenvalue weighted by Crippen LogP contribution is -2.56. The lowest BCUT2D eigenvalue weighted by molar-refractivity contribution is -0.159. The predicted octanol–water partition coefficient (Wildman–Crippen LogP) is 3.63. The Balaban J connectivity index is 2.51. The Bertz CT molecular complexity index is 1220. The Labute approximate surface area is 253 Å². The minimum Gasteiger partial charge on any atom is -0.508 e. The molecule has 2 aromatic rings. The van der Waals surface area contributed by atoms with E-state index >= 15 is 0 Å². The van der Waals surface area contributed by atoms with Gasteiger partial charge >= 0.3 is 12.1 Å². The van der Waals surface area contributed by atoms with Crippen molar-refractivity contribution in [1.82, 2.24) is 15.5 Å². The predicted molar refractivity (Wildman–Crippen MR) is 161 cm³/mol. The number of hydrogen-bond donors (Lipinski definition) is 4. The monoisotopic (exact) mass is 599 g/mol. The molecule has 0 aliphatic carbocycles. The molecule has 0 saturated carbocycles. The molecule has 2 rings (SSSR count). The van der Waals surface area contributed by atoms with Crippen LogP contribution in [-0.4, -0.2) is 75.4 Å². The standard InChI is InChI=1S/C32H45N3O8/c1-8-18-35(28(39)25(20-36)34-30(41)43-32(5,6)7)26(22-14-16-23(37)17-15-22)27(38)33-24(29(40)42-31(2,3)4)19-21-12-10-9-11-13-21/h9-17,24-26,36-37H,8,18-20H2,1-7H3,(H,33,38)(H,34,41). The molecular formula is C32H45N3O8. The molecule has 2 aromatic carbocycles. The van der Waals surface area contributed by atoms with Crippen LogP contribution in [0.15, 0.2) is 54.6 Å². The normalized spacial score (nSPS) is 13.7. The SMILES string of the molecule is CCCN(C(=O)C(CO)NC(=O)OC(C)(C)C)C(C(=O)NC(Cc1ccccc1)C(=O)OC(C)(C)C)c1ccc(O)cc1. The van der Waals surface area contributed by atoms with Gasteiger partial charge < -0.3 is 35.2 Å². The number of carbonyl (C=O) groups excluding carboxylic acids is 4. The maximum atomic E-state index is 14.1. The summed E-state index contributed by atoms with van der Waals surface area (Å²) in [5, 5.41) is 25.1. The van der Waals surface area contributed by atoms with Crippen molar-refractivity contribution in [3.63, 3.8) is 0 Å². The van der Waals surface area contributed by atoms with Gasteiger partial charge in [-0.2, -0.15) is 0 Å². The molecule has 43 heavy (non-hydrogen) atoms. The molecule has 236 valence electrons. The van der Waals surface area contributed by atoms with Gasteiger partial charge in [-0.1, -0.05) is 49.4 Å². The van der Waals surface area contributed by atoms with E-state index in [0.29, 0.717) is 12.0 Å². The number of rotatable bonds is 12. The van der Waals surface area contributed by atoms with Crippen molar-refractivity contribution in [2.24, 2.45) is 0 Å². The zero-order chi connectivity index (χ0) is 32.4. The first-order chi connectivity index (χ1) is 20.0. The number of benzene rings is 2. The second-order valence-electron chi connectivity index (χ2n) is 12.2. The molecule has 3 amide bonds. The van der Waals surface area contributed by atoms with Gasteiger partial charge in [0.25, 0.3) is 0 Å². The molecular weight excluding hydrogens is 554 g/mol. The first-order valence-electron chi connectivity index (χ1n) is 14.3. The Morgan fingerprint density at radius 1 is 0.837 bits per heavy atom. The van der Waals surface area contributed by atoms with Crippen LogP contribution in [0.2, 0.25) is 0 Å². The Morgan fingerprint density at radius 3 is 1.93 bits per heavy atom. The van der Waals surface area contributed by atoms with Crippen LogP contribution >= 0.6 is 0 Å². The number of esters is 1. The molecule has 3 atom stereocenters. The molecule has 0 heterocycles. The number of aromatic hydroxyl groups is 1. The largest absolute Gasteiger partial charge is 0.508 e. The average Bonchev–Trinajstić information content (AvgIpc) is 2.90. The molecule has 0 radical (unpaired) electrons. The lowest BCUT2D eigenvalue weighted by Gasteiger charge is -2.35. The molecule has 0 aliphatic heterocycles. The maximum Gasteiger partial charge on any atom is 0.408 e. The number of alkyl carbamates (subject to hydrolysis) is 1. The third-order valence-corrected chi connectivity index (χ3v) is 5.98. The second-order valence-corrected chi connectivity index (χ2v) is 12.2. The third kappa shape index (κ3) is 11.6. The molecule has 0 aromatic heterocycles. The summed E-state index contributed by atoms with van der Waals surface area (Å²) < 4.78 is 10.9. The molecule has 3 unspecified atom stereocenters. The third-order valence-electron chi connectivity index (χ3n) is 5.98. The van der Waals surface area contributed by atoms with E-state index in [2.05, 4.69) is 10.6 Å². The summed E-state index contributed by atoms with van der Waals surface area (Å²) >= 11 is 0. The van der Waals surface area contributed by atoms with E-state index < -0.39 is 59.8 Å². The van der Waals surface area contributed by atoms with Gasteiger partial charge in [-0.05, 0) is 71.2 Å². The van der Waals surface area contributed by atoms with Crippen molar-refractivity contribution < 1.29 is 38.9 Å². The number of ether oxygens (including phenoxy) is 2. The van der Waals surface area contributed by atoms with Crippen LogP contribution in [0.1, 0.15) is 72.1 Å². The molecule has 0 spiro atoms. The minimum atomic E-state index is -1.42. The van der Waals surface area contributed by atoms with E-state index in [0.717, 1.165) is 5.56 Å². The topological polar surface area (TPSA) is 154 Å². The fourth-order valence-electron chi connectivity index (χ4n) is 4.24. The zero-order valence-electron chi connectivity index (χ0n) is 26.0. The van der Waals surface area contributed by atoms with E-state index in [1.807, 2.05) is 30.3 Å². The first-order valence-corrected chi connectivity index (χ1v) is 14.3. The van der Waals surface area contributed by atoms with Gasteiger partial charge in [0.1, 0.15) is 35.1 Å². The number of hydrogen-bond acceptors (Lipinski definition) is 8. The van der Waals surface area contributed by atoms with Gasteiger partial charge in [-0.25, -0.2) is 9.59 Å². The number of carbonyl (C=O) groups is 4. The fraction of sp³-hybridized carbons (Fsp3) is 0.500. The lowest BCUT2D eigenvalue weighted by atomic mass is 10.0. The van der Waals surface area contributed by atoms with Crippen molar-refractivity contribution in [2.75, 3.05) is 13.2 Å². The van der Waals surface area contributed by atoms with Crippen molar-refractivity contribution in [3.8, 4) is 5.75 Å². The number of nitrogens with zero attached hydrogens (tertiary/aromatic N) is 1. The van der Waals surface area contributed by atoms with Crippen LogP contribution < -0.4 is 10.6 Å². The highest BCUT2D eigenvalue weighted by atomic mass is 16.6. The van der Waals surface area contributed by atoms with E-state index in [9.17, 15) is 29.4 Å². The van der Waals surface area contributed by atoms with Gasteiger partial charge in [0.15, 0.2) is 0 Å². The van der Waals surface area contributed by atoms with E-state index in [-0.39, 0.29) is 18.7 Å². The van der Waals surface area contributed by atoms with Crippen LogP contribution in [0, 0.1) is 0 Å². The highest BCUT2D eigenvalue weighted by Crippen LogP contribution is 2.26. The number of aliphatic hydroxyl groups excluding tert-OH is 1. The Morgan fingerprint density at radius 2 is 1.42 bits per heavy atom. The Hall–Kier alpha value is -4.12. The van der Waals surface area contributed by atoms with Gasteiger partial charge in [0, 0.05) is 13.0 Å². The summed E-state index contributed by atoms with van der Waals surface area (Å²) in [5.41, 5.74) is -0.545. The van der Waals surface area contributed by atoms with E-state index in [1.54, 1.807) is 48.5 Å². The molecule has 0 bridgehead atoms. The van der Waals surface area contributed by atoms with Crippen LogP contribution in [0.3, 0.4) is 0 Å².